The third-order valence-electron chi connectivity index (χ3n) is 7.17. The molecule has 3 fully saturated rings. The van der Waals surface area contributed by atoms with Crippen LogP contribution in [0.25, 0.3) is 17.1 Å². The van der Waals surface area contributed by atoms with Crippen molar-refractivity contribution in [2.24, 2.45) is 0 Å². The molecule has 0 spiro atoms. The van der Waals surface area contributed by atoms with E-state index >= 15 is 4.39 Å². The molecule has 2 N–H and O–H groups in total. The van der Waals surface area contributed by atoms with Crippen LogP contribution in [-0.4, -0.2) is 60.4 Å². The van der Waals surface area contributed by atoms with Crippen molar-refractivity contribution in [1.82, 2.24) is 30.3 Å². The summed E-state index contributed by atoms with van der Waals surface area (Å²) in [6, 6.07) is 6.47. The molecule has 35 heavy (non-hydrogen) atoms. The number of phenolic OH excluding ortho intramolecular Hbond substituents is 1. The van der Waals surface area contributed by atoms with Crippen molar-refractivity contribution in [2.75, 3.05) is 4.90 Å². The first-order valence-electron chi connectivity index (χ1n) is 11.9. The Morgan fingerprint density at radius 3 is 2.74 bits per heavy atom. The molecular weight excluding hydrogens is 454 g/mol. The normalized spacial score (nSPS) is 25.7. The number of piperidine rings is 2. The molecule has 0 radical (unpaired) electrons. The van der Waals surface area contributed by atoms with Crippen LogP contribution in [0, 0.1) is 17.1 Å². The summed E-state index contributed by atoms with van der Waals surface area (Å²) >= 11 is 0. The lowest BCUT2D eigenvalue weighted by Gasteiger charge is -2.47. The molecule has 11 heteroatoms. The van der Waals surface area contributed by atoms with Crippen molar-refractivity contribution in [1.29, 1.82) is 5.26 Å². The first-order chi connectivity index (χ1) is 17.0. The van der Waals surface area contributed by atoms with E-state index in [-0.39, 0.29) is 35.4 Å². The van der Waals surface area contributed by atoms with Crippen molar-refractivity contribution in [3.8, 4) is 28.9 Å². The van der Waals surface area contributed by atoms with E-state index in [1.54, 1.807) is 24.4 Å². The van der Waals surface area contributed by atoms with Gasteiger partial charge in [0.25, 0.3) is 0 Å². The second-order valence-corrected chi connectivity index (χ2v) is 9.51. The molecule has 6 rings (SSSR count). The Hall–Kier alpha value is -3.65. The number of nitrogens with zero attached hydrogens (tertiary/aromatic N) is 7. The van der Waals surface area contributed by atoms with E-state index in [0.29, 0.717) is 23.1 Å². The Labute approximate surface area is 200 Å². The predicted octanol–water partition coefficient (Wildman–Crippen LogP) is 3.03. The first-order valence-corrected chi connectivity index (χ1v) is 11.9. The van der Waals surface area contributed by atoms with Gasteiger partial charge >= 0.3 is 0 Å². The maximum absolute atomic E-state index is 15.4. The van der Waals surface area contributed by atoms with Gasteiger partial charge in [-0.1, -0.05) is 6.42 Å². The summed E-state index contributed by atoms with van der Waals surface area (Å²) in [5.41, 5.74) is 0.394. The zero-order valence-corrected chi connectivity index (χ0v) is 18.8. The number of hydrogen-bond donors (Lipinski definition) is 2. The number of halogens is 2. The van der Waals surface area contributed by atoms with Crippen LogP contribution in [0.2, 0.25) is 0 Å². The Bertz CT molecular complexity index is 1290. The number of fused-ring (bicyclic) bond motifs is 2. The third-order valence-corrected chi connectivity index (χ3v) is 7.17. The van der Waals surface area contributed by atoms with Gasteiger partial charge in [0, 0.05) is 24.2 Å². The van der Waals surface area contributed by atoms with Gasteiger partial charge in [-0.05, 0) is 44.2 Å². The lowest BCUT2D eigenvalue weighted by Crippen LogP contribution is -2.62. The average molecular weight is 479 g/mol. The van der Waals surface area contributed by atoms with Gasteiger partial charge in [-0.25, -0.2) is 18.4 Å². The second-order valence-electron chi connectivity index (χ2n) is 9.51. The summed E-state index contributed by atoms with van der Waals surface area (Å²) in [5.74, 6) is -0.110. The topological polar surface area (TPSA) is 116 Å². The number of nitriles is 1. The summed E-state index contributed by atoms with van der Waals surface area (Å²) < 4.78 is 30.3. The standard InChI is InChI=1S/C24H24F2N8O/c25-17-12-33(32-19(17)10-27)15-6-7-16(21(35)9-15)24-28-11-22(30-31-24)34(14-4-5-14)20-8-13-2-1-3-18(29-13)23(20)26/h6-7,9,11-14,18,20,23,29,35H,1-5,8H2/t13-,18+,20-,23+/m0/s1. The molecule has 180 valence electrons. The lowest BCUT2D eigenvalue weighted by molar-refractivity contribution is 0.104. The third kappa shape index (κ3) is 3.97. The van der Waals surface area contributed by atoms with Gasteiger partial charge in [-0.2, -0.15) is 10.4 Å². The Balaban J connectivity index is 1.26. The largest absolute Gasteiger partial charge is 0.507 e. The fourth-order valence-electron chi connectivity index (χ4n) is 5.35. The van der Waals surface area contributed by atoms with Crippen LogP contribution in [0.4, 0.5) is 14.6 Å². The number of benzene rings is 1. The van der Waals surface area contributed by atoms with Crippen LogP contribution in [0.1, 0.15) is 44.2 Å². The first kappa shape index (κ1) is 21.9. The number of aromatic hydroxyl groups is 1. The molecule has 9 nitrogen and oxygen atoms in total. The number of rotatable bonds is 5. The van der Waals surface area contributed by atoms with Gasteiger partial charge in [0.15, 0.2) is 23.2 Å². The Kier molecular flexibility index (Phi) is 5.33. The quantitative estimate of drug-likeness (QED) is 0.575. The molecule has 1 saturated carbocycles. The van der Waals surface area contributed by atoms with Gasteiger partial charge in [0.05, 0.1) is 29.7 Å². The van der Waals surface area contributed by atoms with E-state index < -0.39 is 12.0 Å². The smallest absolute Gasteiger partial charge is 0.198 e. The number of hydrogen-bond acceptors (Lipinski definition) is 8. The molecule has 4 atom stereocenters. The highest BCUT2D eigenvalue weighted by Crippen LogP contribution is 2.39. The van der Waals surface area contributed by atoms with E-state index in [1.165, 1.54) is 10.7 Å². The Morgan fingerprint density at radius 1 is 1.20 bits per heavy atom. The zero-order valence-electron chi connectivity index (χ0n) is 18.8. The van der Waals surface area contributed by atoms with Crippen LogP contribution < -0.4 is 10.2 Å². The minimum Gasteiger partial charge on any atom is -0.507 e. The summed E-state index contributed by atoms with van der Waals surface area (Å²) in [7, 11) is 0. The van der Waals surface area contributed by atoms with Gasteiger partial charge in [0.2, 0.25) is 0 Å². The molecule has 2 bridgehead atoms. The molecule has 2 saturated heterocycles. The highest BCUT2D eigenvalue weighted by atomic mass is 19.1. The highest BCUT2D eigenvalue weighted by Gasteiger charge is 2.46. The van der Waals surface area contributed by atoms with E-state index in [0.717, 1.165) is 44.7 Å². The SMILES string of the molecule is N#Cc1nn(-c2ccc(-c3ncc(N(C4CC4)[C@H]4C[C@@H]5CCC[C@@H](N5)[C@H]4F)nn3)c(O)c2)cc1F. The van der Waals surface area contributed by atoms with Gasteiger partial charge in [-0.15, -0.1) is 10.2 Å². The maximum atomic E-state index is 15.4. The van der Waals surface area contributed by atoms with Crippen LogP contribution >= 0.6 is 0 Å². The fourth-order valence-corrected chi connectivity index (χ4v) is 5.35. The minimum atomic E-state index is -0.973. The van der Waals surface area contributed by atoms with Crippen molar-refractivity contribution >= 4 is 5.82 Å². The van der Waals surface area contributed by atoms with Crippen LogP contribution in [0.15, 0.2) is 30.6 Å². The van der Waals surface area contributed by atoms with Crippen molar-refractivity contribution in [3.63, 3.8) is 0 Å². The van der Waals surface area contributed by atoms with Crippen molar-refractivity contribution in [2.45, 2.75) is 68.9 Å². The molecule has 0 amide bonds. The molecule has 3 aliphatic rings. The lowest BCUT2D eigenvalue weighted by atomic mass is 9.82. The zero-order chi connectivity index (χ0) is 24.1. The van der Waals surface area contributed by atoms with E-state index in [9.17, 15) is 9.50 Å². The van der Waals surface area contributed by atoms with Gasteiger partial charge < -0.3 is 15.3 Å². The highest BCUT2D eigenvalue weighted by molar-refractivity contribution is 5.66. The fraction of sp³-hybridized carbons (Fsp3) is 0.458. The van der Waals surface area contributed by atoms with Gasteiger partial charge in [0.1, 0.15) is 18.0 Å². The second kappa shape index (κ2) is 8.53. The molecule has 1 aliphatic carbocycles. The van der Waals surface area contributed by atoms with Crippen molar-refractivity contribution < 1.29 is 13.9 Å². The molecule has 2 aliphatic heterocycles. The summed E-state index contributed by atoms with van der Waals surface area (Å²) in [4.78, 5) is 6.50. The number of aromatic nitrogens is 5. The van der Waals surface area contributed by atoms with E-state index in [1.807, 2.05) is 0 Å². The molecule has 4 heterocycles. The minimum absolute atomic E-state index is 0.114. The Morgan fingerprint density at radius 2 is 2.06 bits per heavy atom. The summed E-state index contributed by atoms with van der Waals surface area (Å²) in [5, 5.41) is 35.4. The summed E-state index contributed by atoms with van der Waals surface area (Å²) in [6.07, 6.45) is 7.41. The number of alkyl halides is 1. The van der Waals surface area contributed by atoms with E-state index in [4.69, 9.17) is 5.26 Å². The predicted molar refractivity (Wildman–Crippen MR) is 122 cm³/mol. The molecule has 0 unspecified atom stereocenters. The average Bonchev–Trinajstić information content (AvgIpc) is 3.63. The number of nitrogens with one attached hydrogen (secondary N) is 1. The summed E-state index contributed by atoms with van der Waals surface area (Å²) in [6.45, 7) is 0. The number of anilines is 1. The van der Waals surface area contributed by atoms with Crippen LogP contribution in [-0.2, 0) is 0 Å². The molecule has 1 aromatic carbocycles. The molecule has 2 aromatic heterocycles. The van der Waals surface area contributed by atoms with Crippen molar-refractivity contribution in [3.05, 3.63) is 42.1 Å². The molecule has 3 aromatic rings. The van der Waals surface area contributed by atoms with E-state index in [2.05, 4.69) is 30.5 Å². The van der Waals surface area contributed by atoms with Crippen LogP contribution in [0.5, 0.6) is 5.75 Å². The van der Waals surface area contributed by atoms with Gasteiger partial charge in [-0.3, -0.25) is 0 Å². The number of phenols is 1. The molecular formula is C24H24F2N8O. The maximum Gasteiger partial charge on any atom is 0.198 e. The van der Waals surface area contributed by atoms with Crippen LogP contribution in [0.3, 0.4) is 0 Å². The monoisotopic (exact) mass is 478 g/mol.